The smallest absolute Gasteiger partial charge is 0.305 e. The lowest BCUT2D eigenvalue weighted by Gasteiger charge is -2.34. The van der Waals surface area contributed by atoms with E-state index in [0.29, 0.717) is 24.4 Å². The van der Waals surface area contributed by atoms with E-state index in [2.05, 4.69) is 10.1 Å². The van der Waals surface area contributed by atoms with Gasteiger partial charge >= 0.3 is 5.97 Å². The highest BCUT2D eigenvalue weighted by Gasteiger charge is 2.31. The van der Waals surface area contributed by atoms with Gasteiger partial charge in [-0.1, -0.05) is 0 Å². The fourth-order valence-corrected chi connectivity index (χ4v) is 2.56. The fraction of sp³-hybridized carbons (Fsp3) is 0.429. The van der Waals surface area contributed by atoms with E-state index in [0.717, 1.165) is 5.69 Å². The zero-order valence-corrected chi connectivity index (χ0v) is 12.1. The number of rotatable bonds is 3. The second-order valence-electron chi connectivity index (χ2n) is 5.22. The van der Waals surface area contributed by atoms with E-state index in [4.69, 9.17) is 9.84 Å². The van der Waals surface area contributed by atoms with Crippen LogP contribution in [0.2, 0.25) is 0 Å². The van der Waals surface area contributed by atoms with E-state index in [9.17, 15) is 9.59 Å². The van der Waals surface area contributed by atoms with Crippen molar-refractivity contribution in [3.8, 4) is 0 Å². The Bertz CT molecular complexity index is 727. The Morgan fingerprint density at radius 3 is 3.09 bits per heavy atom. The van der Waals surface area contributed by atoms with Gasteiger partial charge in [-0.05, 0) is 13.0 Å². The van der Waals surface area contributed by atoms with Gasteiger partial charge in [-0.25, -0.2) is 9.50 Å². The second kappa shape index (κ2) is 5.72. The molecule has 1 atom stereocenters. The molecule has 1 saturated heterocycles. The summed E-state index contributed by atoms with van der Waals surface area (Å²) < 4.78 is 6.83. The van der Waals surface area contributed by atoms with Crippen LogP contribution < -0.4 is 0 Å². The number of carbonyl (C=O) groups excluding carboxylic acids is 1. The van der Waals surface area contributed by atoms with Crippen LogP contribution in [-0.4, -0.2) is 62.3 Å². The van der Waals surface area contributed by atoms with Gasteiger partial charge in [0.15, 0.2) is 5.65 Å². The lowest BCUT2D eigenvalue weighted by molar-refractivity contribution is -0.139. The number of aryl methyl sites for hydroxylation is 1. The number of carboxylic acids is 1. The highest BCUT2D eigenvalue weighted by Crippen LogP contribution is 2.17. The predicted octanol–water partition coefficient (Wildman–Crippen LogP) is 0.353. The molecular weight excluding hydrogens is 288 g/mol. The second-order valence-corrected chi connectivity index (χ2v) is 5.22. The van der Waals surface area contributed by atoms with Crippen LogP contribution in [-0.2, 0) is 9.53 Å². The molecule has 1 amide bonds. The fourth-order valence-electron chi connectivity index (χ4n) is 2.56. The van der Waals surface area contributed by atoms with Crippen LogP contribution >= 0.6 is 0 Å². The number of hydrogen-bond donors (Lipinski definition) is 1. The van der Waals surface area contributed by atoms with Crippen LogP contribution in [0.15, 0.2) is 18.5 Å². The molecule has 0 radical (unpaired) electrons. The molecule has 1 aliphatic heterocycles. The number of ether oxygens (including phenoxy) is 1. The van der Waals surface area contributed by atoms with E-state index < -0.39 is 12.0 Å². The van der Waals surface area contributed by atoms with Gasteiger partial charge < -0.3 is 14.7 Å². The van der Waals surface area contributed by atoms with Crippen molar-refractivity contribution in [1.29, 1.82) is 0 Å². The summed E-state index contributed by atoms with van der Waals surface area (Å²) in [5, 5.41) is 13.1. The lowest BCUT2D eigenvalue weighted by atomic mass is 10.1. The van der Waals surface area contributed by atoms with Gasteiger partial charge in [0.05, 0.1) is 31.9 Å². The summed E-state index contributed by atoms with van der Waals surface area (Å²) >= 11 is 0. The molecule has 0 aromatic carbocycles. The minimum atomic E-state index is -0.956. The Hall–Kier alpha value is -2.48. The molecule has 1 N–H and O–H groups in total. The molecule has 1 fully saturated rings. The van der Waals surface area contributed by atoms with Gasteiger partial charge in [0.1, 0.15) is 5.56 Å². The Morgan fingerprint density at radius 1 is 1.50 bits per heavy atom. The van der Waals surface area contributed by atoms with Crippen molar-refractivity contribution in [3.63, 3.8) is 0 Å². The summed E-state index contributed by atoms with van der Waals surface area (Å²) in [4.78, 5) is 29.6. The first kappa shape index (κ1) is 14.5. The molecule has 1 aliphatic rings. The monoisotopic (exact) mass is 304 g/mol. The first-order valence-electron chi connectivity index (χ1n) is 6.98. The van der Waals surface area contributed by atoms with E-state index >= 15 is 0 Å². The summed E-state index contributed by atoms with van der Waals surface area (Å²) in [7, 11) is 0. The van der Waals surface area contributed by atoms with Crippen LogP contribution in [0.1, 0.15) is 22.5 Å². The van der Waals surface area contributed by atoms with Crippen LogP contribution in [0.5, 0.6) is 0 Å². The van der Waals surface area contributed by atoms with Crippen molar-refractivity contribution in [1.82, 2.24) is 19.5 Å². The molecule has 2 aromatic rings. The number of hydrogen-bond acceptors (Lipinski definition) is 5. The summed E-state index contributed by atoms with van der Waals surface area (Å²) in [6.07, 6.45) is 3.07. The summed E-state index contributed by atoms with van der Waals surface area (Å²) in [5.41, 5.74) is 1.64. The SMILES string of the molecule is Cc1ccn2ncc(C(=O)N3CCOCC3CC(=O)O)c2n1. The van der Waals surface area contributed by atoms with Crippen molar-refractivity contribution >= 4 is 17.5 Å². The molecule has 116 valence electrons. The van der Waals surface area contributed by atoms with Gasteiger partial charge in [-0.3, -0.25) is 9.59 Å². The van der Waals surface area contributed by atoms with E-state index in [1.807, 2.05) is 6.92 Å². The average molecular weight is 304 g/mol. The number of amides is 1. The first-order chi connectivity index (χ1) is 10.6. The summed E-state index contributed by atoms with van der Waals surface area (Å²) in [6.45, 7) is 2.82. The minimum Gasteiger partial charge on any atom is -0.481 e. The number of fused-ring (bicyclic) bond motifs is 1. The maximum Gasteiger partial charge on any atom is 0.305 e. The van der Waals surface area contributed by atoms with E-state index in [1.165, 1.54) is 10.7 Å². The van der Waals surface area contributed by atoms with Gasteiger partial charge in [-0.15, -0.1) is 0 Å². The van der Waals surface area contributed by atoms with Gasteiger partial charge in [0.25, 0.3) is 5.91 Å². The largest absolute Gasteiger partial charge is 0.481 e. The predicted molar refractivity (Wildman–Crippen MR) is 75.6 cm³/mol. The topological polar surface area (TPSA) is 97.0 Å². The van der Waals surface area contributed by atoms with Crippen molar-refractivity contribution < 1.29 is 19.4 Å². The third-order valence-electron chi connectivity index (χ3n) is 3.64. The highest BCUT2D eigenvalue weighted by molar-refractivity contribution is 6.00. The molecular formula is C14H16N4O4. The Labute approximate surface area is 126 Å². The van der Waals surface area contributed by atoms with Gasteiger partial charge in [0.2, 0.25) is 0 Å². The van der Waals surface area contributed by atoms with Crippen molar-refractivity contribution in [2.45, 2.75) is 19.4 Å². The third-order valence-corrected chi connectivity index (χ3v) is 3.64. The molecule has 8 heteroatoms. The van der Waals surface area contributed by atoms with Crippen LogP contribution in [0.25, 0.3) is 5.65 Å². The minimum absolute atomic E-state index is 0.141. The van der Waals surface area contributed by atoms with Crippen molar-refractivity contribution in [2.24, 2.45) is 0 Å². The zero-order chi connectivity index (χ0) is 15.7. The molecule has 3 heterocycles. The first-order valence-corrected chi connectivity index (χ1v) is 6.98. The summed E-state index contributed by atoms with van der Waals surface area (Å²) in [5.74, 6) is -1.22. The molecule has 3 rings (SSSR count). The molecule has 8 nitrogen and oxygen atoms in total. The van der Waals surface area contributed by atoms with Gasteiger partial charge in [0, 0.05) is 18.4 Å². The molecule has 2 aromatic heterocycles. The van der Waals surface area contributed by atoms with E-state index in [-0.39, 0.29) is 18.9 Å². The number of carbonyl (C=O) groups is 2. The van der Waals surface area contributed by atoms with Crippen LogP contribution in [0, 0.1) is 6.92 Å². The number of aliphatic carboxylic acids is 1. The Kier molecular flexibility index (Phi) is 3.76. The van der Waals surface area contributed by atoms with Crippen LogP contribution in [0.3, 0.4) is 0 Å². The lowest BCUT2D eigenvalue weighted by Crippen LogP contribution is -2.49. The quantitative estimate of drug-likeness (QED) is 0.879. The summed E-state index contributed by atoms with van der Waals surface area (Å²) in [6, 6.07) is 1.33. The normalized spacial score (nSPS) is 18.6. The number of nitrogens with zero attached hydrogens (tertiary/aromatic N) is 4. The molecule has 1 unspecified atom stereocenters. The maximum absolute atomic E-state index is 12.8. The number of morpholine rings is 1. The number of carboxylic acid groups (broad SMARTS) is 1. The standard InChI is InChI=1S/C14H16N4O4/c1-9-2-3-18-13(16-9)11(7-15-18)14(21)17-4-5-22-8-10(17)6-12(19)20/h2-3,7,10H,4-6,8H2,1H3,(H,19,20). The molecule has 22 heavy (non-hydrogen) atoms. The number of aromatic nitrogens is 3. The van der Waals surface area contributed by atoms with Gasteiger partial charge in [-0.2, -0.15) is 5.10 Å². The molecule has 0 bridgehead atoms. The van der Waals surface area contributed by atoms with E-state index in [1.54, 1.807) is 17.2 Å². The molecule has 0 spiro atoms. The third kappa shape index (κ3) is 2.64. The molecule has 0 aliphatic carbocycles. The Morgan fingerprint density at radius 2 is 2.32 bits per heavy atom. The highest BCUT2D eigenvalue weighted by atomic mass is 16.5. The molecule has 0 saturated carbocycles. The van der Waals surface area contributed by atoms with Crippen LogP contribution in [0.4, 0.5) is 0 Å². The zero-order valence-electron chi connectivity index (χ0n) is 12.1. The van der Waals surface area contributed by atoms with Crippen molar-refractivity contribution in [3.05, 3.63) is 29.7 Å². The van der Waals surface area contributed by atoms with Crippen molar-refractivity contribution in [2.75, 3.05) is 19.8 Å². The average Bonchev–Trinajstić information content (AvgIpc) is 2.89. The maximum atomic E-state index is 12.8. The Balaban J connectivity index is 1.93.